The first-order valence-electron chi connectivity index (χ1n) is 7.69. The number of nitrogens with one attached hydrogen (secondary N) is 1. The van der Waals surface area contributed by atoms with E-state index in [-0.39, 0.29) is 11.5 Å². The number of methoxy groups -OCH3 is 1. The van der Waals surface area contributed by atoms with Crippen molar-refractivity contribution < 1.29 is 4.74 Å². The third-order valence-corrected chi connectivity index (χ3v) is 3.60. The van der Waals surface area contributed by atoms with Gasteiger partial charge in [-0.1, -0.05) is 27.7 Å². The van der Waals surface area contributed by atoms with Crippen LogP contribution in [0.25, 0.3) is 0 Å². The van der Waals surface area contributed by atoms with E-state index >= 15 is 0 Å². The van der Waals surface area contributed by atoms with Crippen LogP contribution in [0.3, 0.4) is 0 Å². The number of rotatable bonds is 8. The molecular weight excluding hydrogens is 250 g/mol. The Balaban J connectivity index is 2.82. The van der Waals surface area contributed by atoms with Crippen LogP contribution in [-0.2, 0) is 17.7 Å². The van der Waals surface area contributed by atoms with Crippen molar-refractivity contribution in [2.75, 3.05) is 13.7 Å². The summed E-state index contributed by atoms with van der Waals surface area (Å²) < 4.78 is 7.77. The van der Waals surface area contributed by atoms with Crippen molar-refractivity contribution in [1.29, 1.82) is 0 Å². The van der Waals surface area contributed by atoms with Gasteiger partial charge in [-0.25, -0.2) is 0 Å². The van der Waals surface area contributed by atoms with Crippen LogP contribution in [0.2, 0.25) is 0 Å². The van der Waals surface area contributed by atoms with Gasteiger partial charge >= 0.3 is 0 Å². The first-order valence-corrected chi connectivity index (χ1v) is 7.69. The molecule has 1 heterocycles. The summed E-state index contributed by atoms with van der Waals surface area (Å²) in [6.07, 6.45) is 6.37. The van der Waals surface area contributed by atoms with Crippen molar-refractivity contribution in [3.05, 3.63) is 18.0 Å². The zero-order valence-electron chi connectivity index (χ0n) is 13.9. The number of hydrogen-bond acceptors (Lipinski definition) is 3. The molecule has 4 nitrogen and oxygen atoms in total. The largest absolute Gasteiger partial charge is 0.379 e. The van der Waals surface area contributed by atoms with Crippen LogP contribution in [0.5, 0.6) is 0 Å². The molecule has 2 unspecified atom stereocenters. The smallest absolute Gasteiger partial charge is 0.0775 e. The van der Waals surface area contributed by atoms with Crippen LogP contribution < -0.4 is 5.32 Å². The molecule has 2 atom stereocenters. The van der Waals surface area contributed by atoms with Gasteiger partial charge in [-0.05, 0) is 37.3 Å². The van der Waals surface area contributed by atoms with Gasteiger partial charge in [0.05, 0.1) is 12.3 Å². The minimum Gasteiger partial charge on any atom is -0.379 e. The molecule has 4 heteroatoms. The highest BCUT2D eigenvalue weighted by Gasteiger charge is 2.32. The fourth-order valence-corrected chi connectivity index (χ4v) is 2.68. The van der Waals surface area contributed by atoms with Crippen molar-refractivity contribution in [2.45, 2.75) is 66.2 Å². The number of ether oxygens (including phenoxy) is 1. The highest BCUT2D eigenvalue weighted by atomic mass is 16.5. The Kier molecular flexibility index (Phi) is 6.69. The van der Waals surface area contributed by atoms with E-state index < -0.39 is 0 Å². The lowest BCUT2D eigenvalue weighted by Crippen LogP contribution is -2.49. The van der Waals surface area contributed by atoms with Crippen LogP contribution >= 0.6 is 0 Å². The van der Waals surface area contributed by atoms with Crippen LogP contribution in [0.1, 0.15) is 46.6 Å². The highest BCUT2D eigenvalue weighted by Crippen LogP contribution is 2.26. The number of aromatic nitrogens is 2. The van der Waals surface area contributed by atoms with Gasteiger partial charge in [-0.2, -0.15) is 5.10 Å². The summed E-state index contributed by atoms with van der Waals surface area (Å²) in [6, 6.07) is 0.314. The molecule has 0 aliphatic heterocycles. The molecule has 0 spiro atoms. The van der Waals surface area contributed by atoms with E-state index in [1.54, 1.807) is 0 Å². The van der Waals surface area contributed by atoms with E-state index in [1.807, 2.05) is 18.0 Å². The van der Waals surface area contributed by atoms with Crippen molar-refractivity contribution in [2.24, 2.45) is 5.41 Å². The molecule has 0 bridgehead atoms. The van der Waals surface area contributed by atoms with Crippen molar-refractivity contribution >= 4 is 0 Å². The van der Waals surface area contributed by atoms with Crippen molar-refractivity contribution in [3.63, 3.8) is 0 Å². The Morgan fingerprint density at radius 3 is 2.50 bits per heavy atom. The predicted octanol–water partition coefficient (Wildman–Crippen LogP) is 2.87. The average molecular weight is 281 g/mol. The van der Waals surface area contributed by atoms with Gasteiger partial charge in [0.25, 0.3) is 0 Å². The summed E-state index contributed by atoms with van der Waals surface area (Å²) in [5, 5.41) is 8.00. The SMILES string of the molecule is CCCNC(Cc1cnn(CC)c1)C(OC)C(C)(C)C. The fraction of sp³-hybridized carbons (Fsp3) is 0.812. The molecule has 116 valence electrons. The average Bonchev–Trinajstić information content (AvgIpc) is 2.82. The normalized spacial score (nSPS) is 15.3. The second-order valence-corrected chi connectivity index (χ2v) is 6.49. The molecule has 0 saturated carbocycles. The number of aryl methyl sites for hydroxylation is 1. The Morgan fingerprint density at radius 1 is 1.35 bits per heavy atom. The summed E-state index contributed by atoms with van der Waals surface area (Å²) in [7, 11) is 1.81. The van der Waals surface area contributed by atoms with Gasteiger partial charge in [0.15, 0.2) is 0 Å². The van der Waals surface area contributed by atoms with Crippen molar-refractivity contribution in [1.82, 2.24) is 15.1 Å². The zero-order valence-corrected chi connectivity index (χ0v) is 13.9. The Bertz CT molecular complexity index is 381. The van der Waals surface area contributed by atoms with Gasteiger partial charge in [0.1, 0.15) is 0 Å². The van der Waals surface area contributed by atoms with E-state index in [2.05, 4.69) is 51.2 Å². The number of nitrogens with zero attached hydrogens (tertiary/aromatic N) is 2. The first kappa shape index (κ1) is 17.2. The monoisotopic (exact) mass is 281 g/mol. The third kappa shape index (κ3) is 4.91. The quantitative estimate of drug-likeness (QED) is 0.796. The summed E-state index contributed by atoms with van der Waals surface area (Å²) in [5.41, 5.74) is 1.38. The first-order chi connectivity index (χ1) is 9.42. The van der Waals surface area contributed by atoms with Gasteiger partial charge < -0.3 is 10.1 Å². The van der Waals surface area contributed by atoms with Crippen LogP contribution in [0.4, 0.5) is 0 Å². The molecule has 0 fully saturated rings. The molecule has 0 aliphatic rings. The Labute approximate surface area is 123 Å². The molecule has 0 saturated heterocycles. The fourth-order valence-electron chi connectivity index (χ4n) is 2.68. The molecule has 0 amide bonds. The molecule has 20 heavy (non-hydrogen) atoms. The van der Waals surface area contributed by atoms with Gasteiger partial charge in [-0.3, -0.25) is 4.68 Å². The van der Waals surface area contributed by atoms with E-state index in [0.717, 1.165) is 25.9 Å². The molecule has 1 aromatic rings. The van der Waals surface area contributed by atoms with Crippen molar-refractivity contribution in [3.8, 4) is 0 Å². The van der Waals surface area contributed by atoms with E-state index in [0.29, 0.717) is 6.04 Å². The molecule has 0 aromatic carbocycles. The lowest BCUT2D eigenvalue weighted by atomic mass is 9.82. The van der Waals surface area contributed by atoms with E-state index in [9.17, 15) is 0 Å². The van der Waals surface area contributed by atoms with Gasteiger partial charge in [-0.15, -0.1) is 0 Å². The van der Waals surface area contributed by atoms with Gasteiger partial charge in [0.2, 0.25) is 0 Å². The van der Waals surface area contributed by atoms with Gasteiger partial charge in [0, 0.05) is 25.9 Å². The minimum atomic E-state index is 0.112. The lowest BCUT2D eigenvalue weighted by molar-refractivity contribution is -0.0109. The zero-order chi connectivity index (χ0) is 15.2. The number of hydrogen-bond donors (Lipinski definition) is 1. The van der Waals surface area contributed by atoms with Crippen LogP contribution in [-0.4, -0.2) is 35.6 Å². The second-order valence-electron chi connectivity index (χ2n) is 6.49. The molecule has 1 rings (SSSR count). The minimum absolute atomic E-state index is 0.112. The Hall–Kier alpha value is -0.870. The lowest BCUT2D eigenvalue weighted by Gasteiger charge is -2.36. The van der Waals surface area contributed by atoms with E-state index in [4.69, 9.17) is 4.74 Å². The standard InChI is InChI=1S/C16H31N3O/c1-7-9-17-14(15(20-6)16(3,4)5)10-13-11-18-19(8-2)12-13/h11-12,14-15,17H,7-10H2,1-6H3. The molecule has 1 N–H and O–H groups in total. The highest BCUT2D eigenvalue weighted by molar-refractivity contribution is 5.08. The van der Waals surface area contributed by atoms with E-state index in [1.165, 1.54) is 5.56 Å². The maximum Gasteiger partial charge on any atom is 0.0775 e. The summed E-state index contributed by atoms with van der Waals surface area (Å²) >= 11 is 0. The second kappa shape index (κ2) is 7.79. The maximum absolute atomic E-state index is 5.79. The van der Waals surface area contributed by atoms with Crippen LogP contribution in [0, 0.1) is 5.41 Å². The Morgan fingerprint density at radius 2 is 2.05 bits per heavy atom. The molecule has 1 aromatic heterocycles. The molecule has 0 aliphatic carbocycles. The topological polar surface area (TPSA) is 39.1 Å². The maximum atomic E-state index is 5.79. The summed E-state index contributed by atoms with van der Waals surface area (Å²) in [4.78, 5) is 0. The summed E-state index contributed by atoms with van der Waals surface area (Å²) in [5.74, 6) is 0. The summed E-state index contributed by atoms with van der Waals surface area (Å²) in [6.45, 7) is 12.9. The van der Waals surface area contributed by atoms with Crippen LogP contribution in [0.15, 0.2) is 12.4 Å². The molecular formula is C16H31N3O. The third-order valence-electron chi connectivity index (χ3n) is 3.60. The predicted molar refractivity (Wildman–Crippen MR) is 83.9 cm³/mol. The molecule has 0 radical (unpaired) electrons.